The summed E-state index contributed by atoms with van der Waals surface area (Å²) in [5.74, 6) is 0.953. The van der Waals surface area contributed by atoms with E-state index in [1.165, 1.54) is 21.3 Å². The Bertz CT molecular complexity index is 724. The molecule has 2 unspecified atom stereocenters. The second-order valence-corrected chi connectivity index (χ2v) is 6.01. The number of nitrogens with zero attached hydrogens (tertiary/aromatic N) is 1. The maximum absolute atomic E-state index is 12.9. The van der Waals surface area contributed by atoms with Gasteiger partial charge < -0.3 is 24.8 Å². The van der Waals surface area contributed by atoms with Gasteiger partial charge >= 0.3 is 0 Å². The summed E-state index contributed by atoms with van der Waals surface area (Å²) in [5, 5.41) is 0. The van der Waals surface area contributed by atoms with E-state index < -0.39 is 12.0 Å². The molecule has 2 N–H and O–H groups in total. The van der Waals surface area contributed by atoms with Crippen LogP contribution in [0, 0.1) is 5.92 Å². The van der Waals surface area contributed by atoms with E-state index in [-0.39, 0.29) is 5.91 Å². The van der Waals surface area contributed by atoms with Gasteiger partial charge in [-0.05, 0) is 5.56 Å². The molecule has 0 saturated heterocycles. The van der Waals surface area contributed by atoms with Crippen LogP contribution in [0.5, 0.6) is 17.2 Å². The lowest BCUT2D eigenvalue weighted by Gasteiger charge is -2.26. The van der Waals surface area contributed by atoms with Gasteiger partial charge in [-0.25, -0.2) is 0 Å². The molecule has 0 bridgehead atoms. The Kier molecular flexibility index (Phi) is 6.46. The van der Waals surface area contributed by atoms with Gasteiger partial charge in [0.15, 0.2) is 11.5 Å². The lowest BCUT2D eigenvalue weighted by molar-refractivity contribution is -0.122. The number of carbonyl (C=O) groups excluding carboxylic acids is 1. The number of anilines is 1. The third-order valence-electron chi connectivity index (χ3n) is 4.48. The van der Waals surface area contributed by atoms with E-state index in [0.717, 1.165) is 5.56 Å². The van der Waals surface area contributed by atoms with Crippen molar-refractivity contribution in [2.45, 2.75) is 13.0 Å². The quantitative estimate of drug-likeness (QED) is 0.823. The van der Waals surface area contributed by atoms with E-state index in [9.17, 15) is 4.79 Å². The van der Waals surface area contributed by atoms with Gasteiger partial charge in [-0.15, -0.1) is 0 Å². The zero-order chi connectivity index (χ0) is 19.3. The third-order valence-corrected chi connectivity index (χ3v) is 4.48. The molecule has 0 radical (unpaired) electrons. The molecule has 0 aromatic heterocycles. The van der Waals surface area contributed by atoms with Crippen LogP contribution in [0.15, 0.2) is 42.5 Å². The maximum atomic E-state index is 12.9. The Labute approximate surface area is 154 Å². The Balaban J connectivity index is 2.30. The summed E-state index contributed by atoms with van der Waals surface area (Å²) < 4.78 is 16.0. The van der Waals surface area contributed by atoms with Gasteiger partial charge in [-0.1, -0.05) is 37.3 Å². The summed E-state index contributed by atoms with van der Waals surface area (Å²) in [6.07, 6.45) is 0. The number of hydrogen-bond donors (Lipinski definition) is 1. The van der Waals surface area contributed by atoms with Crippen LogP contribution in [0.3, 0.4) is 0 Å². The monoisotopic (exact) mass is 358 g/mol. The molecule has 1 amide bonds. The van der Waals surface area contributed by atoms with Crippen LogP contribution in [-0.4, -0.2) is 34.3 Å². The van der Waals surface area contributed by atoms with Crippen LogP contribution in [0.1, 0.15) is 18.5 Å². The predicted molar refractivity (Wildman–Crippen MR) is 102 cm³/mol. The molecule has 26 heavy (non-hydrogen) atoms. The SMILES string of the molecule is COc1cc(N(C)C(=O)C(C)C(N)c2ccccc2)cc(OC)c1OC. The van der Waals surface area contributed by atoms with Gasteiger partial charge in [0.25, 0.3) is 0 Å². The highest BCUT2D eigenvalue weighted by Crippen LogP contribution is 2.41. The number of ether oxygens (including phenoxy) is 3. The summed E-state index contributed by atoms with van der Waals surface area (Å²) in [6.45, 7) is 1.83. The molecule has 0 aliphatic heterocycles. The lowest BCUT2D eigenvalue weighted by atomic mass is 9.94. The van der Waals surface area contributed by atoms with Crippen LogP contribution in [0.2, 0.25) is 0 Å². The number of carbonyl (C=O) groups is 1. The fraction of sp³-hybridized carbons (Fsp3) is 0.350. The van der Waals surface area contributed by atoms with Crippen molar-refractivity contribution in [3.8, 4) is 17.2 Å². The van der Waals surface area contributed by atoms with Gasteiger partial charge in [-0.2, -0.15) is 0 Å². The van der Waals surface area contributed by atoms with Crippen LogP contribution in [-0.2, 0) is 4.79 Å². The number of benzene rings is 2. The zero-order valence-corrected chi connectivity index (χ0v) is 15.9. The first-order valence-corrected chi connectivity index (χ1v) is 8.32. The van der Waals surface area contributed by atoms with Crippen molar-refractivity contribution in [3.63, 3.8) is 0 Å². The van der Waals surface area contributed by atoms with Crippen LogP contribution in [0.4, 0.5) is 5.69 Å². The van der Waals surface area contributed by atoms with E-state index in [2.05, 4.69) is 0 Å². The van der Waals surface area contributed by atoms with Crippen LogP contribution < -0.4 is 24.8 Å². The molecular formula is C20H26N2O4. The van der Waals surface area contributed by atoms with Crippen LogP contribution in [0.25, 0.3) is 0 Å². The molecule has 6 nitrogen and oxygen atoms in total. The summed E-state index contributed by atoms with van der Waals surface area (Å²) >= 11 is 0. The van der Waals surface area contributed by atoms with Gasteiger partial charge in [0.05, 0.1) is 32.9 Å². The number of amides is 1. The van der Waals surface area contributed by atoms with Crippen molar-refractivity contribution in [1.29, 1.82) is 0 Å². The number of hydrogen-bond acceptors (Lipinski definition) is 5. The minimum atomic E-state index is -0.401. The molecule has 0 aliphatic rings. The van der Waals surface area contributed by atoms with Crippen molar-refractivity contribution < 1.29 is 19.0 Å². The molecular weight excluding hydrogens is 332 g/mol. The molecule has 2 aromatic rings. The highest BCUT2D eigenvalue weighted by atomic mass is 16.5. The van der Waals surface area contributed by atoms with E-state index in [0.29, 0.717) is 22.9 Å². The second kappa shape index (κ2) is 8.58. The number of rotatable bonds is 7. The van der Waals surface area contributed by atoms with Crippen molar-refractivity contribution in [1.82, 2.24) is 0 Å². The first-order chi connectivity index (χ1) is 12.4. The van der Waals surface area contributed by atoms with Gasteiger partial charge in [0, 0.05) is 25.2 Å². The summed E-state index contributed by atoms with van der Waals surface area (Å²) in [4.78, 5) is 14.5. The molecule has 0 heterocycles. The van der Waals surface area contributed by atoms with E-state index >= 15 is 0 Å². The van der Waals surface area contributed by atoms with Crippen LogP contribution >= 0.6 is 0 Å². The fourth-order valence-corrected chi connectivity index (χ4v) is 2.81. The minimum absolute atomic E-state index is 0.101. The Morgan fingerprint density at radius 3 is 2.00 bits per heavy atom. The van der Waals surface area contributed by atoms with Gasteiger partial charge in [-0.3, -0.25) is 4.79 Å². The highest BCUT2D eigenvalue weighted by Gasteiger charge is 2.27. The smallest absolute Gasteiger partial charge is 0.231 e. The third kappa shape index (κ3) is 3.91. The Morgan fingerprint density at radius 2 is 1.54 bits per heavy atom. The predicted octanol–water partition coefficient (Wildman–Crippen LogP) is 3.01. The highest BCUT2D eigenvalue weighted by molar-refractivity contribution is 5.95. The van der Waals surface area contributed by atoms with Gasteiger partial charge in [0.2, 0.25) is 11.7 Å². The fourth-order valence-electron chi connectivity index (χ4n) is 2.81. The average molecular weight is 358 g/mol. The molecule has 6 heteroatoms. The maximum Gasteiger partial charge on any atom is 0.231 e. The van der Waals surface area contributed by atoms with Crippen molar-refractivity contribution in [2.24, 2.45) is 11.7 Å². The molecule has 0 saturated carbocycles. The Hall–Kier alpha value is -2.73. The van der Waals surface area contributed by atoms with E-state index in [4.69, 9.17) is 19.9 Å². The number of nitrogens with two attached hydrogens (primary N) is 1. The summed E-state index contributed by atoms with van der Waals surface area (Å²) in [7, 11) is 6.32. The summed E-state index contributed by atoms with van der Waals surface area (Å²) in [6, 6.07) is 12.7. The molecule has 0 fully saturated rings. The normalized spacial score (nSPS) is 12.8. The zero-order valence-electron chi connectivity index (χ0n) is 15.9. The van der Waals surface area contributed by atoms with Crippen molar-refractivity contribution in [3.05, 3.63) is 48.0 Å². The Morgan fingerprint density at radius 1 is 1.00 bits per heavy atom. The molecule has 2 atom stereocenters. The average Bonchev–Trinajstić information content (AvgIpc) is 2.70. The van der Waals surface area contributed by atoms with E-state index in [1.54, 1.807) is 24.1 Å². The van der Waals surface area contributed by atoms with Crippen molar-refractivity contribution >= 4 is 11.6 Å². The van der Waals surface area contributed by atoms with Gasteiger partial charge in [0.1, 0.15) is 0 Å². The number of methoxy groups -OCH3 is 3. The first-order valence-electron chi connectivity index (χ1n) is 8.32. The second-order valence-electron chi connectivity index (χ2n) is 6.01. The molecule has 0 aliphatic carbocycles. The molecule has 0 spiro atoms. The molecule has 2 rings (SSSR count). The summed E-state index contributed by atoms with van der Waals surface area (Å²) in [5.41, 5.74) is 7.85. The van der Waals surface area contributed by atoms with E-state index in [1.807, 2.05) is 37.3 Å². The minimum Gasteiger partial charge on any atom is -0.493 e. The lowest BCUT2D eigenvalue weighted by Crippen LogP contribution is -2.37. The molecule has 2 aromatic carbocycles. The standard InChI is InChI=1S/C20H26N2O4/c1-13(18(21)14-9-7-6-8-10-14)20(23)22(2)15-11-16(24-3)19(26-5)17(12-15)25-4/h6-13,18H,21H2,1-5H3. The first kappa shape index (κ1) is 19.6. The largest absolute Gasteiger partial charge is 0.493 e. The molecule has 140 valence electrons. The van der Waals surface area contributed by atoms with Crippen molar-refractivity contribution in [2.75, 3.05) is 33.3 Å². The topological polar surface area (TPSA) is 74.0 Å².